The van der Waals surface area contributed by atoms with Crippen LogP contribution in [-0.2, 0) is 4.79 Å². The molecule has 0 saturated carbocycles. The van der Waals surface area contributed by atoms with Gasteiger partial charge in [0, 0.05) is 25.0 Å². The van der Waals surface area contributed by atoms with Gasteiger partial charge in [-0.2, -0.15) is 0 Å². The normalized spacial score (nSPS) is 19.3. The first-order chi connectivity index (χ1) is 13.5. The van der Waals surface area contributed by atoms with Crippen LogP contribution < -0.4 is 5.32 Å². The molecule has 0 aliphatic carbocycles. The zero-order chi connectivity index (χ0) is 19.7. The molecule has 4 rings (SSSR count). The number of amides is 2. The van der Waals surface area contributed by atoms with E-state index in [1.54, 1.807) is 28.5 Å². The van der Waals surface area contributed by atoms with Crippen LogP contribution in [0.5, 0.6) is 0 Å². The van der Waals surface area contributed by atoms with E-state index >= 15 is 0 Å². The minimum absolute atomic E-state index is 0.0719. The van der Waals surface area contributed by atoms with Crippen LogP contribution >= 0.6 is 34.5 Å². The molecule has 1 atom stereocenters. The van der Waals surface area contributed by atoms with E-state index in [2.05, 4.69) is 10.3 Å². The Labute approximate surface area is 177 Å². The Hall–Kier alpha value is -1.83. The standard InChI is InChI=1S/C19H20Cl2N4O2S/c20-12-5-3-6-13(16(12)21)22-19-23-14(11-28-19)17(26)25-10-4-7-15(25)18(27)24-8-1-2-9-24/h3,5-6,11,15H,1-2,4,7-10H2,(H,22,23)/t15-/m1/s1. The fourth-order valence-electron chi connectivity index (χ4n) is 3.71. The lowest BCUT2D eigenvalue weighted by molar-refractivity contribution is -0.134. The molecule has 0 bridgehead atoms. The third kappa shape index (κ3) is 3.83. The molecular weight excluding hydrogens is 419 g/mol. The number of hydrogen-bond donors (Lipinski definition) is 1. The number of rotatable bonds is 4. The molecule has 3 heterocycles. The van der Waals surface area contributed by atoms with Gasteiger partial charge in [0.2, 0.25) is 5.91 Å². The minimum atomic E-state index is -0.369. The molecule has 2 aliphatic rings. The maximum absolute atomic E-state index is 13.0. The van der Waals surface area contributed by atoms with E-state index in [1.165, 1.54) is 11.3 Å². The zero-order valence-electron chi connectivity index (χ0n) is 15.2. The van der Waals surface area contributed by atoms with Crippen molar-refractivity contribution >= 4 is 57.2 Å². The summed E-state index contributed by atoms with van der Waals surface area (Å²) in [7, 11) is 0. The molecule has 0 radical (unpaired) electrons. The minimum Gasteiger partial charge on any atom is -0.341 e. The van der Waals surface area contributed by atoms with Gasteiger partial charge in [0.05, 0.1) is 15.7 Å². The van der Waals surface area contributed by atoms with Gasteiger partial charge >= 0.3 is 0 Å². The van der Waals surface area contributed by atoms with Crippen molar-refractivity contribution in [1.29, 1.82) is 0 Å². The Balaban J connectivity index is 1.47. The van der Waals surface area contributed by atoms with Crippen LogP contribution in [0.25, 0.3) is 0 Å². The fraction of sp³-hybridized carbons (Fsp3) is 0.421. The van der Waals surface area contributed by atoms with E-state index in [9.17, 15) is 9.59 Å². The highest BCUT2D eigenvalue weighted by molar-refractivity contribution is 7.14. The molecule has 1 aromatic carbocycles. The van der Waals surface area contributed by atoms with Gasteiger partial charge in [0.1, 0.15) is 11.7 Å². The van der Waals surface area contributed by atoms with E-state index in [4.69, 9.17) is 23.2 Å². The van der Waals surface area contributed by atoms with Crippen molar-refractivity contribution in [1.82, 2.24) is 14.8 Å². The highest BCUT2D eigenvalue weighted by atomic mass is 35.5. The lowest BCUT2D eigenvalue weighted by Crippen LogP contribution is -2.47. The molecule has 2 amide bonds. The number of anilines is 2. The SMILES string of the molecule is O=C([C@H]1CCCN1C(=O)c1csc(Nc2cccc(Cl)c2Cl)n1)N1CCCC1. The van der Waals surface area contributed by atoms with Gasteiger partial charge in [-0.1, -0.05) is 29.3 Å². The van der Waals surface area contributed by atoms with E-state index < -0.39 is 0 Å². The quantitative estimate of drug-likeness (QED) is 0.766. The topological polar surface area (TPSA) is 65.5 Å². The predicted molar refractivity (Wildman–Crippen MR) is 112 cm³/mol. The first kappa shape index (κ1) is 19.5. The molecule has 2 saturated heterocycles. The van der Waals surface area contributed by atoms with Crippen LogP contribution in [0.1, 0.15) is 36.2 Å². The predicted octanol–water partition coefficient (Wildman–Crippen LogP) is 4.42. The number of carbonyl (C=O) groups is 2. The summed E-state index contributed by atoms with van der Waals surface area (Å²) < 4.78 is 0. The second kappa shape index (κ2) is 8.27. The molecule has 0 unspecified atom stereocenters. The Morgan fingerprint density at radius 1 is 1.14 bits per heavy atom. The first-order valence-electron chi connectivity index (χ1n) is 9.31. The first-order valence-corrected chi connectivity index (χ1v) is 10.9. The van der Waals surface area contributed by atoms with Crippen LogP contribution in [0.3, 0.4) is 0 Å². The van der Waals surface area contributed by atoms with Gasteiger partial charge in [0.25, 0.3) is 5.91 Å². The number of halogens is 2. The summed E-state index contributed by atoms with van der Waals surface area (Å²) in [5.74, 6) is -0.126. The van der Waals surface area contributed by atoms with Gasteiger partial charge in [-0.05, 0) is 37.8 Å². The van der Waals surface area contributed by atoms with Crippen molar-refractivity contribution in [2.24, 2.45) is 0 Å². The number of likely N-dealkylation sites (tertiary alicyclic amines) is 2. The van der Waals surface area contributed by atoms with Crippen molar-refractivity contribution in [3.63, 3.8) is 0 Å². The highest BCUT2D eigenvalue weighted by Crippen LogP contribution is 2.33. The summed E-state index contributed by atoms with van der Waals surface area (Å²) in [5, 5.41) is 6.21. The van der Waals surface area contributed by atoms with Gasteiger partial charge in [-0.15, -0.1) is 11.3 Å². The second-order valence-corrected chi connectivity index (χ2v) is 8.60. The van der Waals surface area contributed by atoms with Crippen LogP contribution in [0.4, 0.5) is 10.8 Å². The smallest absolute Gasteiger partial charge is 0.274 e. The lowest BCUT2D eigenvalue weighted by Gasteiger charge is -2.27. The Morgan fingerprint density at radius 2 is 1.93 bits per heavy atom. The molecule has 148 valence electrons. The molecule has 9 heteroatoms. The molecule has 1 N–H and O–H groups in total. The van der Waals surface area contributed by atoms with Gasteiger partial charge in [-0.3, -0.25) is 9.59 Å². The fourth-order valence-corrected chi connectivity index (χ4v) is 4.75. The van der Waals surface area contributed by atoms with E-state index in [0.717, 1.165) is 32.4 Å². The number of hydrogen-bond acceptors (Lipinski definition) is 5. The van der Waals surface area contributed by atoms with Crippen molar-refractivity contribution in [3.8, 4) is 0 Å². The van der Waals surface area contributed by atoms with Crippen molar-refractivity contribution in [2.75, 3.05) is 25.0 Å². The maximum Gasteiger partial charge on any atom is 0.274 e. The van der Waals surface area contributed by atoms with Crippen LogP contribution in [0.15, 0.2) is 23.6 Å². The Morgan fingerprint density at radius 3 is 2.71 bits per heavy atom. The molecule has 1 aromatic heterocycles. The van der Waals surface area contributed by atoms with Crippen molar-refractivity contribution < 1.29 is 9.59 Å². The highest BCUT2D eigenvalue weighted by Gasteiger charge is 2.38. The zero-order valence-corrected chi connectivity index (χ0v) is 17.5. The molecule has 2 aliphatic heterocycles. The van der Waals surface area contributed by atoms with Crippen LogP contribution in [0, 0.1) is 0 Å². The summed E-state index contributed by atoms with van der Waals surface area (Å²) in [4.78, 5) is 33.7. The van der Waals surface area contributed by atoms with Gasteiger partial charge < -0.3 is 15.1 Å². The number of aromatic nitrogens is 1. The molecule has 2 aromatic rings. The number of benzene rings is 1. The number of nitrogens with one attached hydrogen (secondary N) is 1. The van der Waals surface area contributed by atoms with Crippen LogP contribution in [-0.4, -0.2) is 52.3 Å². The van der Waals surface area contributed by atoms with Crippen LogP contribution in [0.2, 0.25) is 10.0 Å². The maximum atomic E-state index is 13.0. The van der Waals surface area contributed by atoms with Gasteiger partial charge in [0.15, 0.2) is 5.13 Å². The van der Waals surface area contributed by atoms with E-state index in [0.29, 0.717) is 39.5 Å². The number of carbonyl (C=O) groups excluding carboxylic acids is 2. The molecule has 6 nitrogen and oxygen atoms in total. The summed E-state index contributed by atoms with van der Waals surface area (Å²) >= 11 is 13.5. The average Bonchev–Trinajstić information content (AvgIpc) is 3.46. The molecule has 0 spiro atoms. The summed E-state index contributed by atoms with van der Waals surface area (Å²) in [6, 6.07) is 4.92. The molecular formula is C19H20Cl2N4O2S. The number of thiazole rings is 1. The summed E-state index contributed by atoms with van der Waals surface area (Å²) in [6.45, 7) is 2.18. The second-order valence-electron chi connectivity index (χ2n) is 6.95. The third-order valence-electron chi connectivity index (χ3n) is 5.13. The number of nitrogens with zero attached hydrogens (tertiary/aromatic N) is 3. The summed E-state index contributed by atoms with van der Waals surface area (Å²) in [6.07, 6.45) is 3.64. The van der Waals surface area contributed by atoms with E-state index in [1.807, 2.05) is 4.90 Å². The third-order valence-corrected chi connectivity index (χ3v) is 6.71. The van der Waals surface area contributed by atoms with Crippen molar-refractivity contribution in [3.05, 3.63) is 39.3 Å². The largest absolute Gasteiger partial charge is 0.341 e. The Bertz CT molecular complexity index is 898. The lowest BCUT2D eigenvalue weighted by atomic mass is 10.2. The molecule has 28 heavy (non-hydrogen) atoms. The van der Waals surface area contributed by atoms with Gasteiger partial charge in [-0.25, -0.2) is 4.98 Å². The summed E-state index contributed by atoms with van der Waals surface area (Å²) in [5.41, 5.74) is 0.970. The Kier molecular flexibility index (Phi) is 5.75. The monoisotopic (exact) mass is 438 g/mol. The average molecular weight is 439 g/mol. The van der Waals surface area contributed by atoms with E-state index in [-0.39, 0.29) is 17.9 Å². The van der Waals surface area contributed by atoms with Crippen molar-refractivity contribution in [2.45, 2.75) is 31.7 Å². The molecule has 2 fully saturated rings.